The highest BCUT2D eigenvalue weighted by atomic mass is 16.3. The van der Waals surface area contributed by atoms with Crippen LogP contribution in [0.5, 0.6) is 0 Å². The number of ketones is 1. The first kappa shape index (κ1) is 11.7. The van der Waals surface area contributed by atoms with Crippen molar-refractivity contribution in [2.75, 3.05) is 0 Å². The van der Waals surface area contributed by atoms with Crippen molar-refractivity contribution in [2.45, 2.75) is 46.6 Å². The van der Waals surface area contributed by atoms with E-state index in [1.54, 1.807) is 6.92 Å². The van der Waals surface area contributed by atoms with Gasteiger partial charge in [-0.15, -0.1) is 0 Å². The summed E-state index contributed by atoms with van der Waals surface area (Å²) in [5.74, 6) is 1.09. The molecule has 1 rings (SSSR count). The summed E-state index contributed by atoms with van der Waals surface area (Å²) in [5.41, 5.74) is 0. The molecule has 0 amide bonds. The maximum atomic E-state index is 12.1. The van der Waals surface area contributed by atoms with Gasteiger partial charge in [-0.1, -0.05) is 20.8 Å². The second-order valence-electron chi connectivity index (χ2n) is 5.07. The highest BCUT2D eigenvalue weighted by Gasteiger charge is 2.39. The number of carbonyl (C=O) groups is 1. The van der Waals surface area contributed by atoms with Crippen LogP contribution in [0.2, 0.25) is 0 Å². The molecule has 1 aliphatic carbocycles. The van der Waals surface area contributed by atoms with E-state index in [0.29, 0.717) is 11.8 Å². The molecule has 1 aliphatic rings. The molecule has 0 heterocycles. The minimum atomic E-state index is -0.487. The second-order valence-corrected chi connectivity index (χ2v) is 5.07. The van der Waals surface area contributed by atoms with Crippen molar-refractivity contribution in [1.82, 2.24) is 0 Å². The Labute approximate surface area is 86.7 Å². The van der Waals surface area contributed by atoms with E-state index in [-0.39, 0.29) is 17.6 Å². The van der Waals surface area contributed by atoms with E-state index < -0.39 is 6.10 Å². The SMILES string of the molecule is CC(C)[C@H]1CC[C@@H](C)[C@H]([C@@H](C)O)C1=O. The lowest BCUT2D eigenvalue weighted by atomic mass is 9.68. The van der Waals surface area contributed by atoms with Gasteiger partial charge in [0.2, 0.25) is 0 Å². The number of hydrogen-bond donors (Lipinski definition) is 1. The Morgan fingerprint density at radius 3 is 2.29 bits per heavy atom. The molecular weight excluding hydrogens is 176 g/mol. The summed E-state index contributed by atoms with van der Waals surface area (Å²) in [7, 11) is 0. The van der Waals surface area contributed by atoms with Crippen LogP contribution in [0.4, 0.5) is 0 Å². The highest BCUT2D eigenvalue weighted by molar-refractivity contribution is 5.85. The lowest BCUT2D eigenvalue weighted by molar-refractivity contribution is -0.137. The minimum Gasteiger partial charge on any atom is -0.393 e. The van der Waals surface area contributed by atoms with Gasteiger partial charge in [0.25, 0.3) is 0 Å². The Bertz CT molecular complexity index is 208. The molecule has 0 bridgehead atoms. The van der Waals surface area contributed by atoms with Crippen LogP contribution >= 0.6 is 0 Å². The molecular formula is C12H22O2. The molecule has 0 aromatic rings. The standard InChI is InChI=1S/C12H22O2/c1-7(2)10-6-5-8(3)11(9(4)13)12(10)14/h7-11,13H,5-6H2,1-4H3/t8-,9-,10-,11-/m1/s1. The Balaban J connectivity index is 2.77. The van der Waals surface area contributed by atoms with Gasteiger partial charge in [-0.3, -0.25) is 4.79 Å². The first-order chi connectivity index (χ1) is 6.45. The van der Waals surface area contributed by atoms with E-state index in [9.17, 15) is 9.90 Å². The fourth-order valence-corrected chi connectivity index (χ4v) is 2.67. The highest BCUT2D eigenvalue weighted by Crippen LogP contribution is 2.36. The average Bonchev–Trinajstić information content (AvgIpc) is 2.02. The summed E-state index contributed by atoms with van der Waals surface area (Å²) in [6, 6.07) is 0. The first-order valence-electron chi connectivity index (χ1n) is 5.67. The number of Topliss-reactive ketones (excluding diaryl/α,β-unsaturated/α-hetero) is 1. The quantitative estimate of drug-likeness (QED) is 0.739. The van der Waals surface area contributed by atoms with Gasteiger partial charge in [-0.2, -0.15) is 0 Å². The minimum absolute atomic E-state index is 0.129. The van der Waals surface area contributed by atoms with Gasteiger partial charge in [0.1, 0.15) is 5.78 Å². The molecule has 1 N–H and O–H groups in total. The average molecular weight is 198 g/mol. The molecule has 0 aromatic carbocycles. The van der Waals surface area contributed by atoms with E-state index in [0.717, 1.165) is 12.8 Å². The monoisotopic (exact) mass is 198 g/mol. The lowest BCUT2D eigenvalue weighted by Crippen LogP contribution is -2.41. The molecule has 1 fully saturated rings. The predicted molar refractivity (Wildman–Crippen MR) is 56.9 cm³/mol. The van der Waals surface area contributed by atoms with Gasteiger partial charge in [-0.25, -0.2) is 0 Å². The molecule has 82 valence electrons. The van der Waals surface area contributed by atoms with Gasteiger partial charge < -0.3 is 5.11 Å². The molecule has 2 heteroatoms. The van der Waals surface area contributed by atoms with Crippen LogP contribution in [0.25, 0.3) is 0 Å². The third kappa shape index (κ3) is 2.17. The third-order valence-electron chi connectivity index (χ3n) is 3.56. The van der Waals surface area contributed by atoms with E-state index in [1.165, 1.54) is 0 Å². The predicted octanol–water partition coefficient (Wildman–Crippen LogP) is 2.25. The zero-order valence-electron chi connectivity index (χ0n) is 9.66. The van der Waals surface area contributed by atoms with Crippen molar-refractivity contribution in [1.29, 1.82) is 0 Å². The van der Waals surface area contributed by atoms with Crippen molar-refractivity contribution in [2.24, 2.45) is 23.7 Å². The van der Waals surface area contributed by atoms with Gasteiger partial charge in [0.15, 0.2) is 0 Å². The molecule has 1 saturated carbocycles. The van der Waals surface area contributed by atoms with Crippen LogP contribution in [0.15, 0.2) is 0 Å². The smallest absolute Gasteiger partial charge is 0.142 e. The molecule has 0 radical (unpaired) electrons. The second kappa shape index (κ2) is 4.43. The zero-order valence-corrected chi connectivity index (χ0v) is 9.66. The van der Waals surface area contributed by atoms with Crippen LogP contribution in [-0.4, -0.2) is 17.0 Å². The third-order valence-corrected chi connectivity index (χ3v) is 3.56. The summed E-state index contributed by atoms with van der Waals surface area (Å²) in [4.78, 5) is 12.1. The summed E-state index contributed by atoms with van der Waals surface area (Å²) in [5, 5.41) is 9.60. The summed E-state index contributed by atoms with van der Waals surface area (Å²) in [6.45, 7) is 8.00. The maximum Gasteiger partial charge on any atom is 0.142 e. The zero-order chi connectivity index (χ0) is 10.9. The lowest BCUT2D eigenvalue weighted by Gasteiger charge is -2.36. The fraction of sp³-hybridized carbons (Fsp3) is 0.917. The van der Waals surface area contributed by atoms with E-state index in [1.807, 2.05) is 0 Å². The van der Waals surface area contributed by atoms with E-state index >= 15 is 0 Å². The Kier molecular flexibility index (Phi) is 3.71. The van der Waals surface area contributed by atoms with Crippen LogP contribution in [0, 0.1) is 23.7 Å². The number of aliphatic hydroxyl groups is 1. The van der Waals surface area contributed by atoms with Crippen molar-refractivity contribution < 1.29 is 9.90 Å². The fourth-order valence-electron chi connectivity index (χ4n) is 2.67. The first-order valence-corrected chi connectivity index (χ1v) is 5.67. The van der Waals surface area contributed by atoms with Crippen molar-refractivity contribution in [3.05, 3.63) is 0 Å². The van der Waals surface area contributed by atoms with Gasteiger partial charge in [0, 0.05) is 11.8 Å². The summed E-state index contributed by atoms with van der Waals surface area (Å²) in [6.07, 6.45) is 1.59. The topological polar surface area (TPSA) is 37.3 Å². The summed E-state index contributed by atoms with van der Waals surface area (Å²) >= 11 is 0. The largest absolute Gasteiger partial charge is 0.393 e. The van der Waals surface area contributed by atoms with Crippen LogP contribution < -0.4 is 0 Å². The molecule has 0 aromatic heterocycles. The maximum absolute atomic E-state index is 12.1. The molecule has 4 atom stereocenters. The van der Waals surface area contributed by atoms with Crippen molar-refractivity contribution >= 4 is 5.78 Å². The number of carbonyl (C=O) groups excluding carboxylic acids is 1. The van der Waals surface area contributed by atoms with Crippen molar-refractivity contribution in [3.63, 3.8) is 0 Å². The van der Waals surface area contributed by atoms with Gasteiger partial charge in [0.05, 0.1) is 6.10 Å². The van der Waals surface area contributed by atoms with Crippen LogP contribution in [0.3, 0.4) is 0 Å². The van der Waals surface area contributed by atoms with Gasteiger partial charge >= 0.3 is 0 Å². The molecule has 0 aliphatic heterocycles. The van der Waals surface area contributed by atoms with Crippen LogP contribution in [-0.2, 0) is 4.79 Å². The number of rotatable bonds is 2. The Hall–Kier alpha value is -0.370. The Morgan fingerprint density at radius 2 is 1.86 bits per heavy atom. The molecule has 2 nitrogen and oxygen atoms in total. The molecule has 0 saturated heterocycles. The van der Waals surface area contributed by atoms with E-state index in [4.69, 9.17) is 0 Å². The number of hydrogen-bond acceptors (Lipinski definition) is 2. The van der Waals surface area contributed by atoms with Crippen LogP contribution in [0.1, 0.15) is 40.5 Å². The van der Waals surface area contributed by atoms with E-state index in [2.05, 4.69) is 20.8 Å². The Morgan fingerprint density at radius 1 is 1.29 bits per heavy atom. The normalized spacial score (nSPS) is 36.1. The molecule has 14 heavy (non-hydrogen) atoms. The van der Waals surface area contributed by atoms with Crippen molar-refractivity contribution in [3.8, 4) is 0 Å². The molecule has 0 unspecified atom stereocenters. The number of aliphatic hydroxyl groups excluding tert-OH is 1. The summed E-state index contributed by atoms with van der Waals surface area (Å²) < 4.78 is 0. The molecule has 0 spiro atoms. The van der Waals surface area contributed by atoms with Gasteiger partial charge in [-0.05, 0) is 31.6 Å².